The molecular weight excluding hydrogens is 236 g/mol. The maximum atomic E-state index is 11.9. The van der Waals surface area contributed by atoms with Gasteiger partial charge in [-0.15, -0.1) is 0 Å². The highest BCUT2D eigenvalue weighted by Gasteiger charge is 2.15. The molecule has 0 bridgehead atoms. The normalized spacial score (nSPS) is 20.2. The van der Waals surface area contributed by atoms with E-state index in [1.165, 1.54) is 44.9 Å². The van der Waals surface area contributed by atoms with Gasteiger partial charge in [0.05, 0.1) is 0 Å². The molecule has 1 aliphatic carbocycles. The Balaban J connectivity index is 1.51. The van der Waals surface area contributed by atoms with Crippen molar-refractivity contribution in [3.05, 3.63) is 11.6 Å². The SMILES string of the molecule is O=C(CCNCCC1=CCCCC1)N1CCCCC1. The fourth-order valence-corrected chi connectivity index (χ4v) is 3.00. The van der Waals surface area contributed by atoms with Crippen LogP contribution in [0.25, 0.3) is 0 Å². The average Bonchev–Trinajstić information content (AvgIpc) is 2.49. The van der Waals surface area contributed by atoms with Crippen molar-refractivity contribution in [2.45, 2.75) is 57.8 Å². The first kappa shape index (κ1) is 14.6. The van der Waals surface area contributed by atoms with Crippen molar-refractivity contribution in [2.75, 3.05) is 26.2 Å². The number of piperidine rings is 1. The second-order valence-corrected chi connectivity index (χ2v) is 5.80. The maximum absolute atomic E-state index is 11.9. The van der Waals surface area contributed by atoms with E-state index in [1.54, 1.807) is 5.57 Å². The standard InChI is InChI=1S/C16H28N2O/c19-16(18-13-5-2-6-14-18)10-12-17-11-9-15-7-3-1-4-8-15/h7,17H,1-6,8-14H2. The summed E-state index contributed by atoms with van der Waals surface area (Å²) in [5.74, 6) is 0.337. The molecule has 3 heteroatoms. The summed E-state index contributed by atoms with van der Waals surface area (Å²) in [6.45, 7) is 3.82. The highest BCUT2D eigenvalue weighted by molar-refractivity contribution is 5.76. The van der Waals surface area contributed by atoms with E-state index in [2.05, 4.69) is 11.4 Å². The summed E-state index contributed by atoms with van der Waals surface area (Å²) in [5.41, 5.74) is 1.61. The largest absolute Gasteiger partial charge is 0.343 e. The number of nitrogens with one attached hydrogen (secondary N) is 1. The van der Waals surface area contributed by atoms with Crippen molar-refractivity contribution in [2.24, 2.45) is 0 Å². The Morgan fingerprint density at radius 2 is 1.95 bits per heavy atom. The number of rotatable bonds is 6. The van der Waals surface area contributed by atoms with Crippen molar-refractivity contribution in [1.82, 2.24) is 10.2 Å². The quantitative estimate of drug-likeness (QED) is 0.591. The number of hydrogen-bond donors (Lipinski definition) is 1. The minimum absolute atomic E-state index is 0.337. The third kappa shape index (κ3) is 5.35. The summed E-state index contributed by atoms with van der Waals surface area (Å²) in [6, 6.07) is 0. The van der Waals surface area contributed by atoms with Crippen molar-refractivity contribution >= 4 is 5.91 Å². The van der Waals surface area contributed by atoms with Crippen LogP contribution in [0.3, 0.4) is 0 Å². The molecule has 0 spiro atoms. The highest BCUT2D eigenvalue weighted by atomic mass is 16.2. The van der Waals surface area contributed by atoms with E-state index >= 15 is 0 Å². The summed E-state index contributed by atoms with van der Waals surface area (Å²) < 4.78 is 0. The predicted octanol–water partition coefficient (Wildman–Crippen LogP) is 2.87. The Kier molecular flexibility index (Phi) is 6.42. The molecule has 2 rings (SSSR count). The van der Waals surface area contributed by atoms with Gasteiger partial charge in [-0.1, -0.05) is 11.6 Å². The molecule has 0 atom stereocenters. The number of likely N-dealkylation sites (tertiary alicyclic amines) is 1. The molecular formula is C16H28N2O. The second-order valence-electron chi connectivity index (χ2n) is 5.80. The molecule has 0 radical (unpaired) electrons. The summed E-state index contributed by atoms with van der Waals surface area (Å²) in [5, 5.41) is 3.41. The second kappa shape index (κ2) is 8.36. The van der Waals surface area contributed by atoms with Crippen LogP contribution in [0.4, 0.5) is 0 Å². The van der Waals surface area contributed by atoms with Gasteiger partial charge >= 0.3 is 0 Å². The fourth-order valence-electron chi connectivity index (χ4n) is 3.00. The topological polar surface area (TPSA) is 32.3 Å². The maximum Gasteiger partial charge on any atom is 0.223 e. The Morgan fingerprint density at radius 3 is 2.68 bits per heavy atom. The molecule has 0 unspecified atom stereocenters. The van der Waals surface area contributed by atoms with Crippen molar-refractivity contribution in [1.29, 1.82) is 0 Å². The van der Waals surface area contributed by atoms with Gasteiger partial charge < -0.3 is 10.2 Å². The molecule has 0 saturated carbocycles. The molecule has 1 heterocycles. The molecule has 2 aliphatic rings. The van der Waals surface area contributed by atoms with Crippen LogP contribution < -0.4 is 5.32 Å². The minimum atomic E-state index is 0.337. The molecule has 1 saturated heterocycles. The first-order valence-electron chi connectivity index (χ1n) is 8.02. The lowest BCUT2D eigenvalue weighted by atomic mass is 9.97. The van der Waals surface area contributed by atoms with Crippen LogP contribution in [-0.2, 0) is 4.79 Å². The zero-order chi connectivity index (χ0) is 13.3. The number of amides is 1. The van der Waals surface area contributed by atoms with E-state index in [1.807, 2.05) is 4.90 Å². The van der Waals surface area contributed by atoms with Gasteiger partial charge in [-0.2, -0.15) is 0 Å². The fraction of sp³-hybridized carbons (Fsp3) is 0.812. The van der Waals surface area contributed by atoms with Gasteiger partial charge in [-0.3, -0.25) is 4.79 Å². The molecule has 0 aromatic rings. The number of allylic oxidation sites excluding steroid dienone is 1. The van der Waals surface area contributed by atoms with Crippen LogP contribution in [0.2, 0.25) is 0 Å². The van der Waals surface area contributed by atoms with Crippen molar-refractivity contribution in [3.63, 3.8) is 0 Å². The Labute approximate surface area is 117 Å². The van der Waals surface area contributed by atoms with E-state index < -0.39 is 0 Å². The number of carbonyl (C=O) groups is 1. The molecule has 1 aliphatic heterocycles. The molecule has 1 N–H and O–H groups in total. The lowest BCUT2D eigenvalue weighted by Crippen LogP contribution is -2.37. The first-order chi connectivity index (χ1) is 9.36. The Hall–Kier alpha value is -0.830. The minimum Gasteiger partial charge on any atom is -0.343 e. The van der Waals surface area contributed by atoms with E-state index in [0.717, 1.165) is 32.6 Å². The molecule has 3 nitrogen and oxygen atoms in total. The Morgan fingerprint density at radius 1 is 1.11 bits per heavy atom. The molecule has 1 fully saturated rings. The van der Waals surface area contributed by atoms with E-state index in [-0.39, 0.29) is 0 Å². The first-order valence-corrected chi connectivity index (χ1v) is 8.02. The van der Waals surface area contributed by atoms with E-state index in [0.29, 0.717) is 12.3 Å². The van der Waals surface area contributed by atoms with Gasteiger partial charge in [0.25, 0.3) is 0 Å². The molecule has 1 amide bonds. The van der Waals surface area contributed by atoms with Crippen molar-refractivity contribution in [3.8, 4) is 0 Å². The third-order valence-corrected chi connectivity index (χ3v) is 4.23. The number of hydrogen-bond acceptors (Lipinski definition) is 2. The summed E-state index contributed by atoms with van der Waals surface area (Å²) >= 11 is 0. The Bertz CT molecular complexity index is 306. The number of carbonyl (C=O) groups excluding carboxylic acids is 1. The molecule has 0 aromatic heterocycles. The monoisotopic (exact) mass is 264 g/mol. The summed E-state index contributed by atoms with van der Waals surface area (Å²) in [7, 11) is 0. The van der Waals surface area contributed by atoms with Crippen LogP contribution >= 0.6 is 0 Å². The van der Waals surface area contributed by atoms with Crippen LogP contribution in [0, 0.1) is 0 Å². The van der Waals surface area contributed by atoms with E-state index in [9.17, 15) is 4.79 Å². The van der Waals surface area contributed by atoms with Gasteiger partial charge in [0.1, 0.15) is 0 Å². The van der Waals surface area contributed by atoms with Crippen LogP contribution in [0.15, 0.2) is 11.6 Å². The molecule has 0 aromatic carbocycles. The van der Waals surface area contributed by atoms with Gasteiger partial charge in [-0.25, -0.2) is 0 Å². The third-order valence-electron chi connectivity index (χ3n) is 4.23. The van der Waals surface area contributed by atoms with Gasteiger partial charge in [0, 0.05) is 26.1 Å². The van der Waals surface area contributed by atoms with E-state index in [4.69, 9.17) is 0 Å². The zero-order valence-corrected chi connectivity index (χ0v) is 12.1. The van der Waals surface area contributed by atoms with Crippen molar-refractivity contribution < 1.29 is 4.79 Å². The number of nitrogens with zero attached hydrogens (tertiary/aromatic N) is 1. The summed E-state index contributed by atoms with van der Waals surface area (Å²) in [4.78, 5) is 14.0. The van der Waals surface area contributed by atoms with Gasteiger partial charge in [0.2, 0.25) is 5.91 Å². The molecule has 19 heavy (non-hydrogen) atoms. The lowest BCUT2D eigenvalue weighted by molar-refractivity contribution is -0.131. The lowest BCUT2D eigenvalue weighted by Gasteiger charge is -2.26. The smallest absolute Gasteiger partial charge is 0.223 e. The van der Waals surface area contributed by atoms with Gasteiger partial charge in [0.15, 0.2) is 0 Å². The highest BCUT2D eigenvalue weighted by Crippen LogP contribution is 2.19. The van der Waals surface area contributed by atoms with Crippen LogP contribution in [0.5, 0.6) is 0 Å². The summed E-state index contributed by atoms with van der Waals surface area (Å²) in [6.07, 6.45) is 13.2. The molecule has 108 valence electrons. The predicted molar refractivity (Wildman–Crippen MR) is 79.1 cm³/mol. The zero-order valence-electron chi connectivity index (χ0n) is 12.1. The average molecular weight is 264 g/mol. The van der Waals surface area contributed by atoms with Crippen LogP contribution in [0.1, 0.15) is 57.8 Å². The van der Waals surface area contributed by atoms with Crippen LogP contribution in [-0.4, -0.2) is 37.0 Å². The van der Waals surface area contributed by atoms with Gasteiger partial charge in [-0.05, 0) is 57.9 Å².